The Bertz CT molecular complexity index is 153. The van der Waals surface area contributed by atoms with Crippen LogP contribution in [0.3, 0.4) is 0 Å². The Labute approximate surface area is 58.2 Å². The van der Waals surface area contributed by atoms with Crippen molar-refractivity contribution in [3.8, 4) is 0 Å². The molecule has 0 heterocycles. The van der Waals surface area contributed by atoms with Crippen molar-refractivity contribution in [2.45, 2.75) is 24.6 Å². The fourth-order valence-corrected chi connectivity index (χ4v) is 1.03. The Morgan fingerprint density at radius 2 is 2.11 bits per heavy atom. The molecule has 0 amide bonds. The monoisotopic (exact) mass is 146 g/mol. The Hall–Kier alpha value is -0.370. The van der Waals surface area contributed by atoms with Crippen molar-refractivity contribution >= 4 is 23.2 Å². The summed E-state index contributed by atoms with van der Waals surface area (Å²) in [7, 11) is 0. The molecule has 0 aromatic heterocycles. The number of Topliss-reactive ketones (excluding diaryl/α,β-unsaturated/α-hetero) is 2. The molecule has 0 saturated heterocycles. The molecule has 1 fully saturated rings. The van der Waals surface area contributed by atoms with Crippen LogP contribution in [0.4, 0.5) is 0 Å². The highest BCUT2D eigenvalue weighted by molar-refractivity contribution is 6.33. The number of ketones is 2. The van der Waals surface area contributed by atoms with E-state index in [1.165, 1.54) is 0 Å². The van der Waals surface area contributed by atoms with Gasteiger partial charge in [-0.2, -0.15) is 0 Å². The fraction of sp³-hybridized carbons (Fsp3) is 0.667. The number of halogens is 1. The smallest absolute Gasteiger partial charge is 0.158 e. The van der Waals surface area contributed by atoms with E-state index >= 15 is 0 Å². The summed E-state index contributed by atoms with van der Waals surface area (Å²) in [5, 5.41) is -0.400. The van der Waals surface area contributed by atoms with Crippen LogP contribution in [0.15, 0.2) is 0 Å². The predicted molar refractivity (Wildman–Crippen MR) is 33.5 cm³/mol. The summed E-state index contributed by atoms with van der Waals surface area (Å²) in [5.41, 5.74) is 0. The summed E-state index contributed by atoms with van der Waals surface area (Å²) in [5.74, 6) is -0.0928. The quantitative estimate of drug-likeness (QED) is 0.376. The lowest BCUT2D eigenvalue weighted by Gasteiger charge is -2.11. The van der Waals surface area contributed by atoms with Gasteiger partial charge in [0.1, 0.15) is 5.78 Å². The van der Waals surface area contributed by atoms with Gasteiger partial charge in [-0.05, 0) is 6.42 Å². The van der Waals surface area contributed by atoms with Crippen LogP contribution in [0.2, 0.25) is 0 Å². The zero-order chi connectivity index (χ0) is 6.85. The lowest BCUT2D eigenvalue weighted by molar-refractivity contribution is -0.129. The molecule has 0 radical (unpaired) electrons. The van der Waals surface area contributed by atoms with Crippen LogP contribution in [0, 0.1) is 0 Å². The molecule has 1 aliphatic rings. The van der Waals surface area contributed by atoms with Crippen molar-refractivity contribution in [2.24, 2.45) is 0 Å². The highest BCUT2D eigenvalue weighted by Crippen LogP contribution is 2.16. The van der Waals surface area contributed by atoms with Crippen molar-refractivity contribution in [1.82, 2.24) is 0 Å². The predicted octanol–water partition coefficient (Wildman–Crippen LogP) is 0.916. The first-order valence-corrected chi connectivity index (χ1v) is 3.32. The first-order valence-electron chi connectivity index (χ1n) is 2.88. The molecule has 9 heavy (non-hydrogen) atoms. The molecule has 2 nitrogen and oxygen atoms in total. The highest BCUT2D eigenvalue weighted by atomic mass is 35.5. The van der Waals surface area contributed by atoms with E-state index in [0.717, 1.165) is 0 Å². The highest BCUT2D eigenvalue weighted by Gasteiger charge is 2.24. The van der Waals surface area contributed by atoms with Crippen molar-refractivity contribution in [1.29, 1.82) is 0 Å². The third kappa shape index (κ3) is 1.52. The van der Waals surface area contributed by atoms with E-state index < -0.39 is 5.38 Å². The minimum atomic E-state index is -0.400. The van der Waals surface area contributed by atoms with E-state index in [9.17, 15) is 9.59 Å². The molecular weight excluding hydrogens is 140 g/mol. The molecule has 1 unspecified atom stereocenters. The van der Waals surface area contributed by atoms with Gasteiger partial charge in [-0.15, -0.1) is 11.6 Å². The molecule has 50 valence electrons. The second-order valence-electron chi connectivity index (χ2n) is 2.19. The molecule has 1 aliphatic carbocycles. The summed E-state index contributed by atoms with van der Waals surface area (Å²) >= 11 is 5.53. The van der Waals surface area contributed by atoms with Gasteiger partial charge in [0.15, 0.2) is 5.78 Å². The molecule has 1 rings (SSSR count). The van der Waals surface area contributed by atoms with Crippen LogP contribution < -0.4 is 0 Å². The number of hydrogen-bond donors (Lipinski definition) is 0. The Morgan fingerprint density at radius 3 is 2.56 bits per heavy atom. The summed E-state index contributed by atoms with van der Waals surface area (Å²) in [4.78, 5) is 21.2. The second kappa shape index (κ2) is 2.48. The molecule has 0 aromatic carbocycles. The van der Waals surface area contributed by atoms with Crippen molar-refractivity contribution in [3.05, 3.63) is 0 Å². The Morgan fingerprint density at radius 1 is 1.44 bits per heavy atom. The van der Waals surface area contributed by atoms with Crippen molar-refractivity contribution in [2.75, 3.05) is 0 Å². The standard InChI is InChI=1S/C6H7ClO2/c7-5-2-1-4(8)3-6(5)9/h5H,1-3H2. The van der Waals surface area contributed by atoms with E-state index in [1.807, 2.05) is 0 Å². The molecule has 0 spiro atoms. The van der Waals surface area contributed by atoms with Gasteiger partial charge in [0, 0.05) is 6.42 Å². The molecule has 1 saturated carbocycles. The van der Waals surface area contributed by atoms with Crippen LogP contribution in [0.25, 0.3) is 0 Å². The third-order valence-corrected chi connectivity index (χ3v) is 1.86. The van der Waals surface area contributed by atoms with Crippen LogP contribution in [-0.2, 0) is 9.59 Å². The number of alkyl halides is 1. The van der Waals surface area contributed by atoms with Gasteiger partial charge in [-0.3, -0.25) is 9.59 Å². The fourth-order valence-electron chi connectivity index (χ4n) is 0.842. The number of rotatable bonds is 0. The topological polar surface area (TPSA) is 34.1 Å². The molecule has 3 heteroatoms. The molecule has 0 bridgehead atoms. The van der Waals surface area contributed by atoms with Gasteiger partial charge in [0.05, 0.1) is 11.8 Å². The minimum Gasteiger partial charge on any atom is -0.299 e. The van der Waals surface area contributed by atoms with Crippen molar-refractivity contribution < 1.29 is 9.59 Å². The minimum absolute atomic E-state index is 0.0249. The molecular formula is C6H7ClO2. The SMILES string of the molecule is O=C1CCC(Cl)C(=O)C1. The maximum atomic E-state index is 10.7. The van der Waals surface area contributed by atoms with Gasteiger partial charge in [-0.1, -0.05) is 0 Å². The number of carbonyl (C=O) groups excluding carboxylic acids is 2. The molecule has 0 N–H and O–H groups in total. The van der Waals surface area contributed by atoms with Crippen LogP contribution in [0.5, 0.6) is 0 Å². The zero-order valence-electron chi connectivity index (χ0n) is 4.89. The summed E-state index contributed by atoms with van der Waals surface area (Å²) in [6.45, 7) is 0. The maximum Gasteiger partial charge on any atom is 0.158 e. The Balaban J connectivity index is 2.54. The van der Waals surface area contributed by atoms with Gasteiger partial charge in [0.2, 0.25) is 0 Å². The third-order valence-electron chi connectivity index (χ3n) is 1.40. The van der Waals surface area contributed by atoms with Gasteiger partial charge in [0.25, 0.3) is 0 Å². The van der Waals surface area contributed by atoms with E-state index in [2.05, 4.69) is 0 Å². The summed E-state index contributed by atoms with van der Waals surface area (Å²) in [6.07, 6.45) is 1.05. The number of carbonyl (C=O) groups is 2. The first-order chi connectivity index (χ1) is 4.20. The first kappa shape index (κ1) is 6.75. The van der Waals surface area contributed by atoms with Crippen LogP contribution in [-0.4, -0.2) is 16.9 Å². The average Bonchev–Trinajstić information content (AvgIpc) is 1.80. The van der Waals surface area contributed by atoms with Gasteiger partial charge in [-0.25, -0.2) is 0 Å². The van der Waals surface area contributed by atoms with Crippen LogP contribution in [0.1, 0.15) is 19.3 Å². The van der Waals surface area contributed by atoms with E-state index in [-0.39, 0.29) is 18.0 Å². The van der Waals surface area contributed by atoms with Crippen molar-refractivity contribution in [3.63, 3.8) is 0 Å². The maximum absolute atomic E-state index is 10.7. The van der Waals surface area contributed by atoms with E-state index in [4.69, 9.17) is 11.6 Å². The molecule has 0 aliphatic heterocycles. The van der Waals surface area contributed by atoms with Gasteiger partial charge < -0.3 is 0 Å². The summed E-state index contributed by atoms with van der Waals surface area (Å²) < 4.78 is 0. The zero-order valence-corrected chi connectivity index (χ0v) is 5.65. The largest absolute Gasteiger partial charge is 0.299 e. The second-order valence-corrected chi connectivity index (χ2v) is 2.71. The lowest BCUT2D eigenvalue weighted by atomic mass is 9.98. The number of hydrogen-bond acceptors (Lipinski definition) is 2. The Kier molecular flexibility index (Phi) is 1.86. The van der Waals surface area contributed by atoms with Crippen LogP contribution >= 0.6 is 11.6 Å². The van der Waals surface area contributed by atoms with E-state index in [1.54, 1.807) is 0 Å². The molecule has 1 atom stereocenters. The van der Waals surface area contributed by atoms with Gasteiger partial charge >= 0.3 is 0 Å². The normalized spacial score (nSPS) is 28.8. The van der Waals surface area contributed by atoms with E-state index in [0.29, 0.717) is 12.8 Å². The lowest BCUT2D eigenvalue weighted by Crippen LogP contribution is -2.24. The molecule has 0 aromatic rings. The average molecular weight is 147 g/mol. The summed E-state index contributed by atoms with van der Waals surface area (Å²) in [6, 6.07) is 0.